The molecular weight excluding hydrogens is 570 g/mol. The summed E-state index contributed by atoms with van der Waals surface area (Å²) in [6, 6.07) is 41.1. The van der Waals surface area contributed by atoms with E-state index in [4.69, 9.17) is 14.2 Å². The maximum atomic E-state index is 10.7. The first-order chi connectivity index (χ1) is 22.3. The summed E-state index contributed by atoms with van der Waals surface area (Å²) < 4.78 is 18.0. The maximum absolute atomic E-state index is 10.7. The Labute approximate surface area is 271 Å². The Bertz CT molecular complexity index is 1770. The summed E-state index contributed by atoms with van der Waals surface area (Å²) in [6.07, 6.45) is 6.52. The number of hydrogen-bond acceptors (Lipinski definition) is 5. The predicted molar refractivity (Wildman–Crippen MR) is 185 cm³/mol. The zero-order valence-corrected chi connectivity index (χ0v) is 26.4. The van der Waals surface area contributed by atoms with Gasteiger partial charge >= 0.3 is 0 Å². The van der Waals surface area contributed by atoms with Crippen LogP contribution >= 0.6 is 0 Å². The molecule has 46 heavy (non-hydrogen) atoms. The molecule has 0 aliphatic heterocycles. The van der Waals surface area contributed by atoms with Gasteiger partial charge in [0.1, 0.15) is 34.5 Å². The molecule has 0 bridgehead atoms. The van der Waals surface area contributed by atoms with Crippen LogP contribution in [-0.2, 0) is 5.41 Å². The Hall–Kier alpha value is -5.26. The van der Waals surface area contributed by atoms with Crippen LogP contribution in [0.4, 0.5) is 5.69 Å². The van der Waals surface area contributed by atoms with Crippen LogP contribution in [-0.4, -0.2) is 5.11 Å². The van der Waals surface area contributed by atoms with Crippen LogP contribution in [0, 0.1) is 5.92 Å². The molecule has 1 aliphatic carbocycles. The fourth-order valence-corrected chi connectivity index (χ4v) is 5.30. The average molecular weight is 610 g/mol. The SMILES string of the molecule is CC1C=CC(Oc2ccc(C(C)(C)c3ccc(Oc4ccc(NC(O)c5ccc(Oc6ccccc6)cc5)cc4)cc3)cc2)=CC1. The zero-order chi connectivity index (χ0) is 31.9. The third-order valence-corrected chi connectivity index (χ3v) is 8.24. The van der Waals surface area contributed by atoms with Gasteiger partial charge < -0.3 is 24.6 Å². The Morgan fingerprint density at radius 1 is 0.630 bits per heavy atom. The van der Waals surface area contributed by atoms with Gasteiger partial charge in [-0.3, -0.25) is 0 Å². The standard InChI is InChI=1S/C41H39NO4/c1-29-9-19-35(20-10-29)45-37-23-13-31(14-24-37)41(2,3)32-15-25-38(26-16-32)46-39-27-17-33(18-28-39)42-40(43)30-11-21-36(22-12-30)44-34-7-5-4-6-8-34/h4-9,11-29,40,42-43H,10H2,1-3H3. The molecule has 6 rings (SSSR count). The number of allylic oxidation sites excluding steroid dienone is 3. The van der Waals surface area contributed by atoms with Crippen molar-refractivity contribution in [1.29, 1.82) is 0 Å². The molecule has 5 heteroatoms. The van der Waals surface area contributed by atoms with Crippen molar-refractivity contribution in [3.63, 3.8) is 0 Å². The molecule has 0 saturated carbocycles. The van der Waals surface area contributed by atoms with Crippen molar-refractivity contribution in [2.75, 3.05) is 5.32 Å². The summed E-state index contributed by atoms with van der Waals surface area (Å²) >= 11 is 0. The summed E-state index contributed by atoms with van der Waals surface area (Å²) in [5.41, 5.74) is 3.71. The molecule has 0 heterocycles. The minimum absolute atomic E-state index is 0.195. The minimum Gasteiger partial charge on any atom is -0.458 e. The second kappa shape index (κ2) is 13.8. The molecule has 1 aliphatic rings. The molecule has 0 radical (unpaired) electrons. The van der Waals surface area contributed by atoms with E-state index in [9.17, 15) is 5.11 Å². The Morgan fingerprint density at radius 2 is 1.11 bits per heavy atom. The molecule has 0 aromatic heterocycles. The second-order valence-corrected chi connectivity index (χ2v) is 12.1. The molecule has 2 atom stereocenters. The molecular formula is C41H39NO4. The van der Waals surface area contributed by atoms with E-state index < -0.39 is 6.23 Å². The van der Waals surface area contributed by atoms with Crippen LogP contribution in [0.25, 0.3) is 0 Å². The molecule has 0 spiro atoms. The van der Waals surface area contributed by atoms with Crippen LogP contribution in [0.5, 0.6) is 28.7 Å². The molecule has 5 nitrogen and oxygen atoms in total. The lowest BCUT2D eigenvalue weighted by molar-refractivity contribution is 0.208. The van der Waals surface area contributed by atoms with Crippen molar-refractivity contribution in [2.45, 2.75) is 38.8 Å². The number of hydrogen-bond donors (Lipinski definition) is 2. The van der Waals surface area contributed by atoms with Crippen LogP contribution in [0.15, 0.2) is 151 Å². The first-order valence-corrected chi connectivity index (χ1v) is 15.6. The normalized spacial score (nSPS) is 15.0. The monoisotopic (exact) mass is 609 g/mol. The summed E-state index contributed by atoms with van der Waals surface area (Å²) in [4.78, 5) is 0. The van der Waals surface area contributed by atoms with E-state index in [1.165, 1.54) is 11.1 Å². The topological polar surface area (TPSA) is 60.0 Å². The van der Waals surface area contributed by atoms with Gasteiger partial charge in [-0.25, -0.2) is 0 Å². The van der Waals surface area contributed by atoms with Crippen LogP contribution in [0.2, 0.25) is 0 Å². The average Bonchev–Trinajstić information content (AvgIpc) is 3.08. The first-order valence-electron chi connectivity index (χ1n) is 15.6. The summed E-state index contributed by atoms with van der Waals surface area (Å²) in [7, 11) is 0. The maximum Gasteiger partial charge on any atom is 0.150 e. The van der Waals surface area contributed by atoms with E-state index in [0.29, 0.717) is 17.4 Å². The van der Waals surface area contributed by atoms with E-state index in [-0.39, 0.29) is 5.41 Å². The van der Waals surface area contributed by atoms with Crippen molar-refractivity contribution < 1.29 is 19.3 Å². The molecule has 5 aromatic rings. The lowest BCUT2D eigenvalue weighted by atomic mass is 9.78. The lowest BCUT2D eigenvalue weighted by Gasteiger charge is -2.26. The number of aliphatic hydroxyl groups is 1. The van der Waals surface area contributed by atoms with Gasteiger partial charge in [0.2, 0.25) is 0 Å². The van der Waals surface area contributed by atoms with Gasteiger partial charge in [0.15, 0.2) is 6.23 Å². The highest BCUT2D eigenvalue weighted by Gasteiger charge is 2.23. The zero-order valence-electron chi connectivity index (χ0n) is 26.4. The predicted octanol–water partition coefficient (Wildman–Crippen LogP) is 10.6. The molecule has 232 valence electrons. The van der Waals surface area contributed by atoms with Crippen LogP contribution in [0.1, 0.15) is 50.1 Å². The summed E-state index contributed by atoms with van der Waals surface area (Å²) in [5, 5.41) is 13.9. The van der Waals surface area contributed by atoms with Crippen molar-refractivity contribution in [1.82, 2.24) is 0 Å². The fourth-order valence-electron chi connectivity index (χ4n) is 5.30. The largest absolute Gasteiger partial charge is 0.458 e. The molecule has 0 amide bonds. The molecule has 2 unspecified atom stereocenters. The van der Waals surface area contributed by atoms with Crippen molar-refractivity contribution in [3.05, 3.63) is 168 Å². The highest BCUT2D eigenvalue weighted by molar-refractivity contribution is 5.49. The third kappa shape index (κ3) is 7.68. The van der Waals surface area contributed by atoms with Gasteiger partial charge in [0, 0.05) is 16.7 Å². The van der Waals surface area contributed by atoms with E-state index >= 15 is 0 Å². The molecule has 0 fully saturated rings. The molecule has 0 saturated heterocycles. The van der Waals surface area contributed by atoms with Crippen LogP contribution in [0.3, 0.4) is 0 Å². The van der Waals surface area contributed by atoms with Gasteiger partial charge in [0.25, 0.3) is 0 Å². The van der Waals surface area contributed by atoms with Gasteiger partial charge in [0.05, 0.1) is 0 Å². The number of anilines is 1. The number of aliphatic hydroxyl groups excluding tert-OH is 1. The number of benzene rings is 5. The Morgan fingerprint density at radius 3 is 1.63 bits per heavy atom. The van der Waals surface area contributed by atoms with E-state index in [0.717, 1.165) is 40.7 Å². The Kier molecular flexibility index (Phi) is 9.23. The quantitative estimate of drug-likeness (QED) is 0.146. The highest BCUT2D eigenvalue weighted by atomic mass is 16.5. The highest BCUT2D eigenvalue weighted by Crippen LogP contribution is 2.35. The van der Waals surface area contributed by atoms with Crippen molar-refractivity contribution >= 4 is 5.69 Å². The smallest absolute Gasteiger partial charge is 0.150 e. The second-order valence-electron chi connectivity index (χ2n) is 12.1. The minimum atomic E-state index is -0.868. The van der Waals surface area contributed by atoms with Crippen molar-refractivity contribution in [3.8, 4) is 28.7 Å². The fraction of sp³-hybridized carbons (Fsp3) is 0.171. The summed E-state index contributed by atoms with van der Waals surface area (Å²) in [5.74, 6) is 5.25. The van der Waals surface area contributed by atoms with Crippen LogP contribution < -0.4 is 19.5 Å². The number of ether oxygens (including phenoxy) is 3. The van der Waals surface area contributed by atoms with Gasteiger partial charge in [-0.15, -0.1) is 0 Å². The number of rotatable bonds is 11. The van der Waals surface area contributed by atoms with Gasteiger partial charge in [-0.1, -0.05) is 81.4 Å². The molecule has 2 N–H and O–H groups in total. The van der Waals surface area contributed by atoms with E-state index in [1.807, 2.05) is 103 Å². The third-order valence-electron chi connectivity index (χ3n) is 8.24. The van der Waals surface area contributed by atoms with Crippen molar-refractivity contribution in [2.24, 2.45) is 5.92 Å². The lowest BCUT2D eigenvalue weighted by Crippen LogP contribution is -2.18. The molecule has 5 aromatic carbocycles. The van der Waals surface area contributed by atoms with Gasteiger partial charge in [-0.2, -0.15) is 0 Å². The Balaban J connectivity index is 1.02. The number of para-hydroxylation sites is 1. The van der Waals surface area contributed by atoms with E-state index in [2.05, 4.69) is 68.6 Å². The number of nitrogens with one attached hydrogen (secondary N) is 1. The van der Waals surface area contributed by atoms with Gasteiger partial charge in [-0.05, 0) is 108 Å². The summed E-state index contributed by atoms with van der Waals surface area (Å²) in [6.45, 7) is 6.65. The van der Waals surface area contributed by atoms with E-state index in [1.54, 1.807) is 0 Å². The first kappa shape index (κ1) is 30.8.